The highest BCUT2D eigenvalue weighted by Crippen LogP contribution is 2.22. The van der Waals surface area contributed by atoms with Gasteiger partial charge in [0.15, 0.2) is 0 Å². The molecule has 1 fully saturated rings. The largest absolute Gasteiger partial charge is 0.381 e. The molecular weight excluding hydrogens is 308 g/mol. The van der Waals surface area contributed by atoms with Crippen LogP contribution in [0, 0.1) is 0 Å². The van der Waals surface area contributed by atoms with Crippen LogP contribution in [0.1, 0.15) is 37.5 Å². The van der Waals surface area contributed by atoms with Crippen LogP contribution in [0.3, 0.4) is 0 Å². The molecule has 1 heterocycles. The molecule has 1 aliphatic carbocycles. The van der Waals surface area contributed by atoms with E-state index in [9.17, 15) is 8.42 Å². The Kier molecular flexibility index (Phi) is 6.63. The smallest absolute Gasteiger partial charge is 0.241 e. The highest BCUT2D eigenvalue weighted by atomic mass is 32.2. The highest BCUT2D eigenvalue weighted by molar-refractivity contribution is 7.89. The molecule has 1 saturated carbocycles. The molecule has 2 N–H and O–H groups in total. The van der Waals surface area contributed by atoms with E-state index >= 15 is 0 Å². The SMILES string of the molecule is CCCOCCCNS(=O)(=O)c1csc(CNC2CC2)c1. The second-order valence-corrected chi connectivity index (χ2v) is 8.03. The molecule has 0 spiro atoms. The number of hydrogen-bond acceptors (Lipinski definition) is 5. The van der Waals surface area contributed by atoms with Gasteiger partial charge in [-0.3, -0.25) is 0 Å². The molecule has 0 bridgehead atoms. The standard InChI is InChI=1S/C14H24N2O3S2/c1-2-7-19-8-3-6-16-21(17,18)14-9-13(20-11-14)10-15-12-4-5-12/h9,11-12,15-16H,2-8,10H2,1H3. The minimum atomic E-state index is -3.38. The average molecular weight is 332 g/mol. The Morgan fingerprint density at radius 2 is 2.19 bits per heavy atom. The first-order valence-corrected chi connectivity index (χ1v) is 9.86. The summed E-state index contributed by atoms with van der Waals surface area (Å²) in [5, 5.41) is 5.10. The fourth-order valence-electron chi connectivity index (χ4n) is 1.84. The first-order chi connectivity index (χ1) is 10.1. The Balaban J connectivity index is 1.73. The predicted molar refractivity (Wildman–Crippen MR) is 85.1 cm³/mol. The van der Waals surface area contributed by atoms with Gasteiger partial charge in [-0.1, -0.05) is 6.92 Å². The molecule has 2 rings (SSSR count). The van der Waals surface area contributed by atoms with E-state index in [0.29, 0.717) is 30.5 Å². The van der Waals surface area contributed by atoms with Crippen molar-refractivity contribution in [1.29, 1.82) is 0 Å². The van der Waals surface area contributed by atoms with Gasteiger partial charge in [-0.15, -0.1) is 11.3 Å². The molecule has 7 heteroatoms. The lowest BCUT2D eigenvalue weighted by molar-refractivity contribution is 0.133. The number of rotatable bonds is 11. The second kappa shape index (κ2) is 8.24. The Morgan fingerprint density at radius 3 is 2.90 bits per heavy atom. The summed E-state index contributed by atoms with van der Waals surface area (Å²) in [6.07, 6.45) is 4.15. The van der Waals surface area contributed by atoms with Gasteiger partial charge in [0, 0.05) is 42.6 Å². The zero-order chi connectivity index (χ0) is 15.1. The Labute approximate surface area is 131 Å². The summed E-state index contributed by atoms with van der Waals surface area (Å²) in [7, 11) is -3.38. The van der Waals surface area contributed by atoms with Crippen molar-refractivity contribution in [3.8, 4) is 0 Å². The van der Waals surface area contributed by atoms with Crippen LogP contribution in [0.25, 0.3) is 0 Å². The molecule has 0 radical (unpaired) electrons. The number of nitrogens with one attached hydrogen (secondary N) is 2. The fraction of sp³-hybridized carbons (Fsp3) is 0.714. The van der Waals surface area contributed by atoms with E-state index in [1.807, 2.05) is 0 Å². The van der Waals surface area contributed by atoms with Gasteiger partial charge < -0.3 is 10.1 Å². The first kappa shape index (κ1) is 16.9. The zero-order valence-corrected chi connectivity index (χ0v) is 14.1. The lowest BCUT2D eigenvalue weighted by Crippen LogP contribution is -2.25. The van der Waals surface area contributed by atoms with Crippen LogP contribution < -0.4 is 10.0 Å². The summed E-state index contributed by atoms with van der Waals surface area (Å²) in [6.45, 7) is 4.55. The van der Waals surface area contributed by atoms with Crippen molar-refractivity contribution >= 4 is 21.4 Å². The average Bonchev–Trinajstić information content (AvgIpc) is 3.16. The van der Waals surface area contributed by atoms with Crippen LogP contribution in [-0.4, -0.2) is 34.2 Å². The van der Waals surface area contributed by atoms with E-state index in [-0.39, 0.29) is 0 Å². The molecule has 1 aliphatic rings. The van der Waals surface area contributed by atoms with Crippen LogP contribution in [0.2, 0.25) is 0 Å². The van der Waals surface area contributed by atoms with Crippen LogP contribution >= 0.6 is 11.3 Å². The molecule has 0 unspecified atom stereocenters. The van der Waals surface area contributed by atoms with Crippen LogP contribution in [0.5, 0.6) is 0 Å². The van der Waals surface area contributed by atoms with Crippen LogP contribution in [0.4, 0.5) is 0 Å². The lowest BCUT2D eigenvalue weighted by atomic mass is 10.4. The molecule has 0 atom stereocenters. The Bertz CT molecular complexity index is 524. The van der Waals surface area contributed by atoms with Crippen molar-refractivity contribution in [2.24, 2.45) is 0 Å². The van der Waals surface area contributed by atoms with Gasteiger partial charge in [0.2, 0.25) is 10.0 Å². The quantitative estimate of drug-likeness (QED) is 0.609. The van der Waals surface area contributed by atoms with E-state index in [0.717, 1.165) is 24.4 Å². The summed E-state index contributed by atoms with van der Waals surface area (Å²) in [5.74, 6) is 0. The van der Waals surface area contributed by atoms with Gasteiger partial charge in [-0.2, -0.15) is 0 Å². The van der Waals surface area contributed by atoms with Gasteiger partial charge in [0.05, 0.1) is 4.90 Å². The van der Waals surface area contributed by atoms with Gasteiger partial charge in [-0.05, 0) is 31.7 Å². The second-order valence-electron chi connectivity index (χ2n) is 5.27. The molecule has 0 amide bonds. The van der Waals surface area contributed by atoms with E-state index in [4.69, 9.17) is 4.74 Å². The van der Waals surface area contributed by atoms with Crippen molar-refractivity contribution < 1.29 is 13.2 Å². The number of sulfonamides is 1. The van der Waals surface area contributed by atoms with Crippen molar-refractivity contribution in [3.05, 3.63) is 16.3 Å². The molecule has 21 heavy (non-hydrogen) atoms. The van der Waals surface area contributed by atoms with Gasteiger partial charge >= 0.3 is 0 Å². The first-order valence-electron chi connectivity index (χ1n) is 7.50. The van der Waals surface area contributed by atoms with Crippen molar-refractivity contribution in [2.45, 2.75) is 50.1 Å². The number of hydrogen-bond donors (Lipinski definition) is 2. The van der Waals surface area contributed by atoms with Gasteiger partial charge in [-0.25, -0.2) is 13.1 Å². The highest BCUT2D eigenvalue weighted by Gasteiger charge is 2.21. The monoisotopic (exact) mass is 332 g/mol. The molecule has 120 valence electrons. The van der Waals surface area contributed by atoms with Crippen LogP contribution in [-0.2, 0) is 21.3 Å². The molecule has 5 nitrogen and oxygen atoms in total. The minimum absolute atomic E-state index is 0.370. The van der Waals surface area contributed by atoms with Gasteiger partial charge in [0.25, 0.3) is 0 Å². The zero-order valence-electron chi connectivity index (χ0n) is 12.4. The fourth-order valence-corrected chi connectivity index (χ4v) is 4.14. The van der Waals surface area contributed by atoms with E-state index in [1.165, 1.54) is 24.2 Å². The summed E-state index contributed by atoms with van der Waals surface area (Å²) in [6, 6.07) is 2.39. The third-order valence-corrected chi connectivity index (χ3v) is 5.71. The maximum atomic E-state index is 12.1. The number of ether oxygens (including phenoxy) is 1. The van der Waals surface area contributed by atoms with E-state index < -0.39 is 10.0 Å². The lowest BCUT2D eigenvalue weighted by Gasteiger charge is -2.05. The molecular formula is C14H24N2O3S2. The third kappa shape index (κ3) is 6.04. The Morgan fingerprint density at radius 1 is 1.38 bits per heavy atom. The maximum absolute atomic E-state index is 12.1. The van der Waals surface area contributed by atoms with Crippen molar-refractivity contribution in [3.63, 3.8) is 0 Å². The molecule has 1 aromatic rings. The summed E-state index contributed by atoms with van der Waals surface area (Å²) in [5.41, 5.74) is 0. The van der Waals surface area contributed by atoms with E-state index in [2.05, 4.69) is 17.0 Å². The molecule has 1 aromatic heterocycles. The predicted octanol–water partition coefficient (Wildman–Crippen LogP) is 2.10. The summed E-state index contributed by atoms with van der Waals surface area (Å²) in [4.78, 5) is 1.43. The molecule has 0 aliphatic heterocycles. The van der Waals surface area contributed by atoms with Gasteiger partial charge in [0.1, 0.15) is 0 Å². The van der Waals surface area contributed by atoms with Crippen LogP contribution in [0.15, 0.2) is 16.3 Å². The van der Waals surface area contributed by atoms with Crippen molar-refractivity contribution in [1.82, 2.24) is 10.0 Å². The normalized spacial score (nSPS) is 15.5. The van der Waals surface area contributed by atoms with Crippen molar-refractivity contribution in [2.75, 3.05) is 19.8 Å². The maximum Gasteiger partial charge on any atom is 0.241 e. The Hall–Kier alpha value is -0.470. The summed E-state index contributed by atoms with van der Waals surface area (Å²) < 4.78 is 32.2. The molecule has 0 aromatic carbocycles. The topological polar surface area (TPSA) is 67.4 Å². The summed E-state index contributed by atoms with van der Waals surface area (Å²) >= 11 is 1.49. The number of thiophene rings is 1. The molecule has 0 saturated heterocycles. The third-order valence-electron chi connectivity index (χ3n) is 3.19. The minimum Gasteiger partial charge on any atom is -0.381 e. The van der Waals surface area contributed by atoms with E-state index in [1.54, 1.807) is 11.4 Å².